The molecule has 0 saturated heterocycles. The Morgan fingerprint density at radius 1 is 1.08 bits per heavy atom. The summed E-state index contributed by atoms with van der Waals surface area (Å²) in [7, 11) is -4.13. The largest absolute Gasteiger partial charge is 0.298 e. The molecular formula is C16H13NO7S. The summed E-state index contributed by atoms with van der Waals surface area (Å²) in [5, 5.41) is 11.1. The number of nitro benzene ring substituents is 1. The summed E-state index contributed by atoms with van der Waals surface area (Å²) in [5.74, 6) is 0. The average Bonchev–Trinajstić information content (AvgIpc) is 2.59. The normalized spacial score (nSPS) is 11.1. The van der Waals surface area contributed by atoms with Crippen LogP contribution in [-0.4, -0.2) is 25.9 Å². The van der Waals surface area contributed by atoms with Crippen LogP contribution in [0.1, 0.15) is 31.8 Å². The minimum Gasteiger partial charge on any atom is -0.298 e. The van der Waals surface area contributed by atoms with E-state index in [1.807, 2.05) is 0 Å². The highest BCUT2D eigenvalue weighted by Crippen LogP contribution is 2.25. The number of hydrogen-bond donors (Lipinski definition) is 0. The first-order valence-corrected chi connectivity index (χ1v) is 8.37. The Morgan fingerprint density at radius 3 is 2.16 bits per heavy atom. The van der Waals surface area contributed by atoms with Gasteiger partial charge in [-0.25, -0.2) is 0 Å². The second-order valence-corrected chi connectivity index (χ2v) is 6.75. The molecule has 0 unspecified atom stereocenters. The minimum atomic E-state index is -4.13. The molecule has 9 heteroatoms. The van der Waals surface area contributed by atoms with E-state index in [2.05, 4.69) is 0 Å². The van der Waals surface area contributed by atoms with Crippen LogP contribution in [0, 0.1) is 17.0 Å². The molecule has 0 N–H and O–H groups in total. The van der Waals surface area contributed by atoms with Crippen LogP contribution in [0.2, 0.25) is 0 Å². The van der Waals surface area contributed by atoms with Crippen molar-refractivity contribution in [3.8, 4) is 0 Å². The first-order chi connectivity index (χ1) is 11.8. The summed E-state index contributed by atoms with van der Waals surface area (Å²) in [4.78, 5) is 32.1. The van der Waals surface area contributed by atoms with Gasteiger partial charge >= 0.3 is 0 Å². The Labute approximate surface area is 143 Å². The molecule has 0 radical (unpaired) electrons. The molecule has 0 bridgehead atoms. The van der Waals surface area contributed by atoms with E-state index in [1.165, 1.54) is 12.1 Å². The van der Waals surface area contributed by atoms with Crippen LogP contribution >= 0.6 is 0 Å². The van der Waals surface area contributed by atoms with Crippen LogP contribution in [0.15, 0.2) is 41.3 Å². The average molecular weight is 363 g/mol. The van der Waals surface area contributed by atoms with Crippen molar-refractivity contribution in [3.05, 3.63) is 68.8 Å². The number of aldehydes is 2. The van der Waals surface area contributed by atoms with E-state index in [4.69, 9.17) is 4.18 Å². The predicted octanol–water partition coefficient (Wildman–Crippen LogP) is 2.43. The Kier molecular flexibility index (Phi) is 5.40. The molecule has 2 aromatic rings. The van der Waals surface area contributed by atoms with Crippen LogP contribution in [-0.2, 0) is 20.9 Å². The van der Waals surface area contributed by atoms with Gasteiger partial charge in [-0.05, 0) is 25.1 Å². The monoisotopic (exact) mass is 363 g/mol. The van der Waals surface area contributed by atoms with Gasteiger partial charge in [-0.3, -0.25) is 23.9 Å². The fourth-order valence-corrected chi connectivity index (χ4v) is 2.96. The smallest absolute Gasteiger partial charge is 0.297 e. The Morgan fingerprint density at radius 2 is 1.64 bits per heavy atom. The second-order valence-electron chi connectivity index (χ2n) is 5.13. The molecule has 0 aliphatic carbocycles. The van der Waals surface area contributed by atoms with Gasteiger partial charge in [-0.1, -0.05) is 17.7 Å². The zero-order valence-electron chi connectivity index (χ0n) is 13.0. The molecule has 0 amide bonds. The van der Waals surface area contributed by atoms with Crippen molar-refractivity contribution < 1.29 is 27.1 Å². The number of nitrogens with zero attached hydrogens (tertiary/aromatic N) is 1. The highest BCUT2D eigenvalue weighted by atomic mass is 32.2. The number of nitro groups is 1. The number of carbonyl (C=O) groups is 2. The second kappa shape index (κ2) is 7.32. The van der Waals surface area contributed by atoms with Gasteiger partial charge in [0.1, 0.15) is 0 Å². The van der Waals surface area contributed by atoms with Crippen molar-refractivity contribution in [2.45, 2.75) is 18.4 Å². The van der Waals surface area contributed by atoms with Crippen LogP contribution < -0.4 is 0 Å². The van der Waals surface area contributed by atoms with E-state index in [0.29, 0.717) is 12.6 Å². The fourth-order valence-electron chi connectivity index (χ4n) is 2.07. The van der Waals surface area contributed by atoms with Gasteiger partial charge in [0, 0.05) is 17.2 Å². The molecule has 25 heavy (non-hydrogen) atoms. The van der Waals surface area contributed by atoms with Gasteiger partial charge in [0.2, 0.25) is 0 Å². The lowest BCUT2D eigenvalue weighted by atomic mass is 10.0. The maximum atomic E-state index is 12.2. The summed E-state index contributed by atoms with van der Waals surface area (Å²) in [6.45, 7) is 1.14. The molecule has 0 spiro atoms. The highest BCUT2D eigenvalue weighted by Gasteiger charge is 2.21. The standard InChI is InChI=1S/C16H13NO7S/c1-11-2-4-15(5-3-11)25(22,23)24-10-14-6-12(8-18)13(9-19)7-16(14)17(20)21/h2-9H,10H2,1H3. The van der Waals surface area contributed by atoms with E-state index in [-0.39, 0.29) is 21.6 Å². The van der Waals surface area contributed by atoms with E-state index in [1.54, 1.807) is 19.1 Å². The molecule has 8 nitrogen and oxygen atoms in total. The lowest BCUT2D eigenvalue weighted by molar-refractivity contribution is -0.385. The van der Waals surface area contributed by atoms with Crippen molar-refractivity contribution in [2.75, 3.05) is 0 Å². The summed E-state index contributed by atoms with van der Waals surface area (Å²) in [6.07, 6.45) is 0.663. The molecule has 0 saturated carbocycles. The maximum Gasteiger partial charge on any atom is 0.297 e. The van der Waals surface area contributed by atoms with E-state index in [9.17, 15) is 28.1 Å². The molecule has 130 valence electrons. The first-order valence-electron chi connectivity index (χ1n) is 6.96. The number of aryl methyl sites for hydroxylation is 1. The molecule has 2 rings (SSSR count). The van der Waals surface area contributed by atoms with E-state index < -0.39 is 27.3 Å². The number of rotatable bonds is 7. The van der Waals surface area contributed by atoms with Crippen molar-refractivity contribution in [3.63, 3.8) is 0 Å². The van der Waals surface area contributed by atoms with Crippen molar-refractivity contribution in [1.82, 2.24) is 0 Å². The molecule has 0 aliphatic rings. The molecule has 0 aromatic heterocycles. The summed E-state index contributed by atoms with van der Waals surface area (Å²) >= 11 is 0. The van der Waals surface area contributed by atoms with Gasteiger partial charge in [0.25, 0.3) is 15.8 Å². The summed E-state index contributed by atoms with van der Waals surface area (Å²) in [5.41, 5.74) is -0.0337. The van der Waals surface area contributed by atoms with Crippen LogP contribution in [0.25, 0.3) is 0 Å². The highest BCUT2D eigenvalue weighted by molar-refractivity contribution is 7.86. The van der Waals surface area contributed by atoms with Gasteiger partial charge in [0.05, 0.1) is 22.0 Å². The number of carbonyl (C=O) groups excluding carboxylic acids is 2. The van der Waals surface area contributed by atoms with Crippen LogP contribution in [0.5, 0.6) is 0 Å². The first kappa shape index (κ1) is 18.4. The summed E-state index contributed by atoms with van der Waals surface area (Å²) < 4.78 is 29.2. The van der Waals surface area contributed by atoms with E-state index >= 15 is 0 Å². The molecule has 0 heterocycles. The van der Waals surface area contributed by atoms with Crippen molar-refractivity contribution in [1.29, 1.82) is 0 Å². The lowest BCUT2D eigenvalue weighted by Gasteiger charge is -2.08. The molecule has 0 fully saturated rings. The molecule has 2 aromatic carbocycles. The zero-order chi connectivity index (χ0) is 18.6. The van der Waals surface area contributed by atoms with Gasteiger partial charge in [-0.2, -0.15) is 8.42 Å². The fraction of sp³-hybridized carbons (Fsp3) is 0.125. The predicted molar refractivity (Wildman–Crippen MR) is 87.0 cm³/mol. The number of hydrogen-bond acceptors (Lipinski definition) is 7. The van der Waals surface area contributed by atoms with Gasteiger partial charge < -0.3 is 0 Å². The zero-order valence-corrected chi connectivity index (χ0v) is 13.9. The SMILES string of the molecule is Cc1ccc(S(=O)(=O)OCc2cc(C=O)c(C=O)cc2[N+](=O)[O-])cc1. The Balaban J connectivity index is 2.36. The molecule has 0 atom stereocenters. The summed E-state index contributed by atoms with van der Waals surface area (Å²) in [6, 6.07) is 7.86. The minimum absolute atomic E-state index is 0.0908. The van der Waals surface area contributed by atoms with Crippen molar-refractivity contribution >= 4 is 28.4 Å². The van der Waals surface area contributed by atoms with Crippen LogP contribution in [0.3, 0.4) is 0 Å². The van der Waals surface area contributed by atoms with Gasteiger partial charge in [0.15, 0.2) is 12.6 Å². The topological polar surface area (TPSA) is 121 Å². The molecule has 0 aliphatic heterocycles. The molecular weight excluding hydrogens is 350 g/mol. The van der Waals surface area contributed by atoms with Gasteiger partial charge in [-0.15, -0.1) is 0 Å². The Bertz CT molecular complexity index is 934. The third kappa shape index (κ3) is 4.14. The van der Waals surface area contributed by atoms with E-state index in [0.717, 1.165) is 17.7 Å². The lowest BCUT2D eigenvalue weighted by Crippen LogP contribution is -2.09. The Hall–Kier alpha value is -2.91. The van der Waals surface area contributed by atoms with Crippen molar-refractivity contribution in [2.24, 2.45) is 0 Å². The number of benzene rings is 2. The maximum absolute atomic E-state index is 12.2. The quantitative estimate of drug-likeness (QED) is 0.320. The third-order valence-electron chi connectivity index (χ3n) is 3.41. The van der Waals surface area contributed by atoms with Crippen LogP contribution in [0.4, 0.5) is 5.69 Å². The third-order valence-corrected chi connectivity index (χ3v) is 4.69.